The van der Waals surface area contributed by atoms with Crippen molar-refractivity contribution in [2.24, 2.45) is 0 Å². The van der Waals surface area contributed by atoms with Crippen LogP contribution in [0.1, 0.15) is 34.4 Å². The standard InChI is InChI=1S/C14H17ClN4OS/c1-3-4-16-13-5-11(12(15)7-17-13)14(20)18-6-10-8-21-9(2)19-10/h5,7-8H,3-4,6H2,1-2H3,(H,16,17)(H,18,20). The van der Waals surface area contributed by atoms with E-state index < -0.39 is 0 Å². The highest BCUT2D eigenvalue weighted by Gasteiger charge is 2.12. The molecule has 0 aliphatic rings. The summed E-state index contributed by atoms with van der Waals surface area (Å²) in [5.41, 5.74) is 1.26. The Morgan fingerprint density at radius 2 is 2.29 bits per heavy atom. The predicted molar refractivity (Wildman–Crippen MR) is 86.0 cm³/mol. The Morgan fingerprint density at radius 1 is 1.48 bits per heavy atom. The Kier molecular flexibility index (Phi) is 5.52. The molecule has 0 spiro atoms. The average molecular weight is 325 g/mol. The molecule has 1 amide bonds. The summed E-state index contributed by atoms with van der Waals surface area (Å²) in [6.07, 6.45) is 2.47. The Labute approximate surface area is 132 Å². The lowest BCUT2D eigenvalue weighted by Crippen LogP contribution is -2.23. The van der Waals surface area contributed by atoms with Gasteiger partial charge in [-0.25, -0.2) is 9.97 Å². The monoisotopic (exact) mass is 324 g/mol. The molecule has 0 bridgehead atoms. The van der Waals surface area contributed by atoms with Crippen molar-refractivity contribution in [2.75, 3.05) is 11.9 Å². The number of rotatable bonds is 6. The molecule has 0 fully saturated rings. The fraction of sp³-hybridized carbons (Fsp3) is 0.357. The molecule has 0 saturated carbocycles. The topological polar surface area (TPSA) is 66.9 Å². The molecule has 2 aromatic rings. The summed E-state index contributed by atoms with van der Waals surface area (Å²) in [6, 6.07) is 1.67. The second-order valence-electron chi connectivity index (χ2n) is 4.52. The Bertz CT molecular complexity index is 629. The number of anilines is 1. The van der Waals surface area contributed by atoms with E-state index in [2.05, 4.69) is 27.5 Å². The van der Waals surface area contributed by atoms with Gasteiger partial charge in [-0.15, -0.1) is 11.3 Å². The maximum absolute atomic E-state index is 12.2. The van der Waals surface area contributed by atoms with Crippen LogP contribution in [0.3, 0.4) is 0 Å². The molecule has 2 rings (SSSR count). The molecule has 2 heterocycles. The molecule has 112 valence electrons. The largest absolute Gasteiger partial charge is 0.370 e. The number of aryl methyl sites for hydroxylation is 1. The number of nitrogens with one attached hydrogen (secondary N) is 2. The molecular weight excluding hydrogens is 308 g/mol. The van der Waals surface area contributed by atoms with Crippen LogP contribution in [-0.4, -0.2) is 22.4 Å². The minimum absolute atomic E-state index is 0.229. The summed E-state index contributed by atoms with van der Waals surface area (Å²) in [7, 11) is 0. The Balaban J connectivity index is 2.03. The maximum Gasteiger partial charge on any atom is 0.253 e. The van der Waals surface area contributed by atoms with Gasteiger partial charge in [-0.05, 0) is 19.4 Å². The number of aromatic nitrogens is 2. The number of hydrogen-bond acceptors (Lipinski definition) is 5. The fourth-order valence-corrected chi connectivity index (χ4v) is 2.52. The van der Waals surface area contributed by atoms with Crippen LogP contribution in [0.15, 0.2) is 17.6 Å². The van der Waals surface area contributed by atoms with Crippen molar-refractivity contribution in [1.29, 1.82) is 0 Å². The molecule has 7 heteroatoms. The van der Waals surface area contributed by atoms with Gasteiger partial charge in [0.25, 0.3) is 5.91 Å². The molecule has 0 aliphatic carbocycles. The molecule has 0 aromatic carbocycles. The maximum atomic E-state index is 12.2. The van der Waals surface area contributed by atoms with Gasteiger partial charge in [0.05, 0.1) is 27.8 Å². The smallest absolute Gasteiger partial charge is 0.253 e. The van der Waals surface area contributed by atoms with Crippen molar-refractivity contribution in [3.8, 4) is 0 Å². The van der Waals surface area contributed by atoms with Gasteiger partial charge >= 0.3 is 0 Å². The summed E-state index contributed by atoms with van der Waals surface area (Å²) in [6.45, 7) is 5.18. The lowest BCUT2D eigenvalue weighted by atomic mass is 10.2. The first kappa shape index (κ1) is 15.7. The highest BCUT2D eigenvalue weighted by molar-refractivity contribution is 7.09. The third-order valence-electron chi connectivity index (χ3n) is 2.75. The number of nitrogens with zero attached hydrogens (tertiary/aromatic N) is 2. The molecule has 0 unspecified atom stereocenters. The highest BCUT2D eigenvalue weighted by Crippen LogP contribution is 2.18. The normalized spacial score (nSPS) is 10.4. The molecule has 0 radical (unpaired) electrons. The first-order valence-electron chi connectivity index (χ1n) is 6.68. The zero-order valence-corrected chi connectivity index (χ0v) is 13.5. The van der Waals surface area contributed by atoms with Crippen molar-refractivity contribution in [3.63, 3.8) is 0 Å². The molecule has 21 heavy (non-hydrogen) atoms. The summed E-state index contributed by atoms with van der Waals surface area (Å²) in [4.78, 5) is 20.6. The van der Waals surface area contributed by atoms with Crippen LogP contribution in [0.2, 0.25) is 5.02 Å². The molecule has 2 aromatic heterocycles. The second-order valence-corrected chi connectivity index (χ2v) is 5.99. The Hall–Kier alpha value is -1.66. The summed E-state index contributed by atoms with van der Waals surface area (Å²) in [5.74, 6) is 0.420. The van der Waals surface area contributed by atoms with Crippen molar-refractivity contribution >= 4 is 34.7 Å². The molecule has 5 nitrogen and oxygen atoms in total. The number of pyridine rings is 1. The van der Waals surface area contributed by atoms with E-state index in [9.17, 15) is 4.79 Å². The lowest BCUT2D eigenvalue weighted by Gasteiger charge is -2.08. The van der Waals surface area contributed by atoms with E-state index in [0.717, 1.165) is 23.7 Å². The van der Waals surface area contributed by atoms with Gasteiger partial charge in [0.1, 0.15) is 5.82 Å². The molecular formula is C14H17ClN4OS. The molecule has 0 atom stereocenters. The summed E-state index contributed by atoms with van der Waals surface area (Å²) >= 11 is 7.60. The minimum Gasteiger partial charge on any atom is -0.370 e. The van der Waals surface area contributed by atoms with E-state index in [1.807, 2.05) is 12.3 Å². The highest BCUT2D eigenvalue weighted by atomic mass is 35.5. The predicted octanol–water partition coefficient (Wildman–Crippen LogP) is 3.25. The van der Waals surface area contributed by atoms with Gasteiger partial charge in [0, 0.05) is 18.1 Å². The van der Waals surface area contributed by atoms with Crippen molar-refractivity contribution in [1.82, 2.24) is 15.3 Å². The molecule has 0 saturated heterocycles. The minimum atomic E-state index is -0.229. The zero-order chi connectivity index (χ0) is 15.2. The first-order valence-corrected chi connectivity index (χ1v) is 7.94. The van der Waals surface area contributed by atoms with Crippen LogP contribution < -0.4 is 10.6 Å². The number of carbonyl (C=O) groups is 1. The lowest BCUT2D eigenvalue weighted by molar-refractivity contribution is 0.0950. The fourth-order valence-electron chi connectivity index (χ4n) is 1.72. The third kappa shape index (κ3) is 4.41. The van der Waals surface area contributed by atoms with Crippen molar-refractivity contribution in [3.05, 3.63) is 38.9 Å². The van der Waals surface area contributed by atoms with Crippen LogP contribution in [0.4, 0.5) is 5.82 Å². The van der Waals surface area contributed by atoms with E-state index in [1.54, 1.807) is 17.4 Å². The van der Waals surface area contributed by atoms with Crippen molar-refractivity contribution in [2.45, 2.75) is 26.8 Å². The molecule has 2 N–H and O–H groups in total. The van der Waals surface area contributed by atoms with Gasteiger partial charge in [0.2, 0.25) is 0 Å². The first-order chi connectivity index (χ1) is 10.1. The number of hydrogen-bond donors (Lipinski definition) is 2. The van der Waals surface area contributed by atoms with E-state index in [-0.39, 0.29) is 5.91 Å². The van der Waals surface area contributed by atoms with E-state index in [1.165, 1.54) is 6.20 Å². The quantitative estimate of drug-likeness (QED) is 0.856. The summed E-state index contributed by atoms with van der Waals surface area (Å²) in [5, 5.41) is 9.20. The van der Waals surface area contributed by atoms with Crippen LogP contribution >= 0.6 is 22.9 Å². The second kappa shape index (κ2) is 7.38. The van der Waals surface area contributed by atoms with Crippen LogP contribution in [0.5, 0.6) is 0 Å². The van der Waals surface area contributed by atoms with Gasteiger partial charge < -0.3 is 10.6 Å². The van der Waals surface area contributed by atoms with Crippen LogP contribution in [-0.2, 0) is 6.54 Å². The zero-order valence-electron chi connectivity index (χ0n) is 11.9. The van der Waals surface area contributed by atoms with E-state index in [0.29, 0.717) is 22.9 Å². The van der Waals surface area contributed by atoms with Crippen molar-refractivity contribution < 1.29 is 4.79 Å². The van der Waals surface area contributed by atoms with Gasteiger partial charge in [-0.2, -0.15) is 0 Å². The van der Waals surface area contributed by atoms with Gasteiger partial charge in [-0.1, -0.05) is 18.5 Å². The number of thiazole rings is 1. The van der Waals surface area contributed by atoms with E-state index in [4.69, 9.17) is 11.6 Å². The van der Waals surface area contributed by atoms with E-state index >= 15 is 0 Å². The third-order valence-corrected chi connectivity index (χ3v) is 3.88. The summed E-state index contributed by atoms with van der Waals surface area (Å²) < 4.78 is 0. The van der Waals surface area contributed by atoms with Gasteiger partial charge in [-0.3, -0.25) is 4.79 Å². The average Bonchev–Trinajstić information content (AvgIpc) is 2.89. The van der Waals surface area contributed by atoms with Crippen LogP contribution in [0, 0.1) is 6.92 Å². The SMILES string of the molecule is CCCNc1cc(C(=O)NCc2csc(C)n2)c(Cl)cn1. The molecule has 0 aliphatic heterocycles. The Morgan fingerprint density at radius 3 is 2.95 bits per heavy atom. The number of amides is 1. The number of carbonyl (C=O) groups excluding carboxylic acids is 1. The van der Waals surface area contributed by atoms with Crippen LogP contribution in [0.25, 0.3) is 0 Å². The van der Waals surface area contributed by atoms with Gasteiger partial charge in [0.15, 0.2) is 0 Å². The number of halogens is 1.